The second-order valence-corrected chi connectivity index (χ2v) is 8.96. The van der Waals surface area contributed by atoms with Gasteiger partial charge in [0.2, 0.25) is 11.8 Å². The summed E-state index contributed by atoms with van der Waals surface area (Å²) in [5.74, 6) is -0.354. The molecule has 1 saturated carbocycles. The van der Waals surface area contributed by atoms with Gasteiger partial charge in [0.1, 0.15) is 6.04 Å². The van der Waals surface area contributed by atoms with Gasteiger partial charge in [-0.2, -0.15) is 0 Å². The molecule has 2 saturated heterocycles. The number of hydrogen-bond donors (Lipinski definition) is 2. The number of carbonyl (C=O) groups excluding carboxylic acids is 3. The number of benzene rings is 1. The van der Waals surface area contributed by atoms with E-state index in [-0.39, 0.29) is 42.7 Å². The second kappa shape index (κ2) is 8.19. The number of fused-ring (bicyclic) bond motifs is 1. The van der Waals surface area contributed by atoms with Crippen molar-refractivity contribution in [3.63, 3.8) is 0 Å². The van der Waals surface area contributed by atoms with Crippen molar-refractivity contribution in [3.8, 4) is 0 Å². The predicted octanol–water partition coefficient (Wildman–Crippen LogP) is 1.49. The molecule has 3 fully saturated rings. The summed E-state index contributed by atoms with van der Waals surface area (Å²) in [6, 6.07) is 6.84. The van der Waals surface area contributed by atoms with Crippen LogP contribution in [0.25, 0.3) is 0 Å². The molecule has 1 aromatic carbocycles. The molecule has 30 heavy (non-hydrogen) atoms. The zero-order chi connectivity index (χ0) is 20.0. The molecule has 162 valence electrons. The van der Waals surface area contributed by atoms with Crippen molar-refractivity contribution in [3.05, 3.63) is 35.4 Å². The fourth-order valence-corrected chi connectivity index (χ4v) is 5.16. The Morgan fingerprint density at radius 1 is 1.13 bits per heavy atom. The van der Waals surface area contributed by atoms with Gasteiger partial charge in [-0.05, 0) is 55.7 Å². The van der Waals surface area contributed by atoms with Crippen molar-refractivity contribution < 1.29 is 14.4 Å². The van der Waals surface area contributed by atoms with Crippen molar-refractivity contribution >= 4 is 30.1 Å². The third kappa shape index (κ3) is 3.69. The van der Waals surface area contributed by atoms with Gasteiger partial charge in [-0.25, -0.2) is 0 Å². The van der Waals surface area contributed by atoms with Gasteiger partial charge in [0.25, 0.3) is 5.91 Å². The van der Waals surface area contributed by atoms with Crippen LogP contribution < -0.4 is 10.6 Å². The van der Waals surface area contributed by atoms with Crippen molar-refractivity contribution in [2.24, 2.45) is 5.41 Å². The third-order valence-corrected chi connectivity index (χ3v) is 7.11. The van der Waals surface area contributed by atoms with E-state index in [1.54, 1.807) is 11.0 Å². The van der Waals surface area contributed by atoms with Crippen LogP contribution in [-0.2, 0) is 9.59 Å². The highest BCUT2D eigenvalue weighted by atomic mass is 35.5. The zero-order valence-electron chi connectivity index (χ0n) is 17.1. The molecule has 1 aromatic rings. The molecule has 0 bridgehead atoms. The average molecular weight is 433 g/mol. The molecule has 1 atom stereocenters. The SMILES string of the molecule is Cl.O=C(NCC(=O)N1CCC2(CCNC2)CC1)C1c2ccccc2C(=O)N1C1CC1. The van der Waals surface area contributed by atoms with Crippen LogP contribution in [0.2, 0.25) is 0 Å². The molecule has 5 rings (SSSR count). The van der Waals surface area contributed by atoms with E-state index in [0.29, 0.717) is 11.0 Å². The molecule has 1 aliphatic carbocycles. The molecule has 7 nitrogen and oxygen atoms in total. The summed E-state index contributed by atoms with van der Waals surface area (Å²) in [6.07, 6.45) is 5.12. The van der Waals surface area contributed by atoms with E-state index in [0.717, 1.165) is 57.4 Å². The molecular weight excluding hydrogens is 404 g/mol. The summed E-state index contributed by atoms with van der Waals surface area (Å²) in [4.78, 5) is 42.0. The Hall–Kier alpha value is -2.12. The summed E-state index contributed by atoms with van der Waals surface area (Å²) in [6.45, 7) is 3.64. The summed E-state index contributed by atoms with van der Waals surface area (Å²) in [7, 11) is 0. The summed E-state index contributed by atoms with van der Waals surface area (Å²) in [5.41, 5.74) is 1.72. The normalized spacial score (nSPS) is 24.5. The molecule has 3 amide bonds. The van der Waals surface area contributed by atoms with Crippen LogP contribution >= 0.6 is 12.4 Å². The maximum Gasteiger partial charge on any atom is 0.255 e. The Bertz CT molecular complexity index is 841. The first-order valence-corrected chi connectivity index (χ1v) is 10.8. The van der Waals surface area contributed by atoms with Crippen LogP contribution in [0.15, 0.2) is 24.3 Å². The largest absolute Gasteiger partial charge is 0.345 e. The lowest BCUT2D eigenvalue weighted by Crippen LogP contribution is -2.48. The third-order valence-electron chi connectivity index (χ3n) is 7.11. The number of rotatable bonds is 4. The van der Waals surface area contributed by atoms with Crippen LogP contribution in [0.4, 0.5) is 0 Å². The number of piperidine rings is 1. The summed E-state index contributed by atoms with van der Waals surface area (Å²) < 4.78 is 0. The molecular formula is C22H29ClN4O3. The monoisotopic (exact) mass is 432 g/mol. The van der Waals surface area contributed by atoms with Gasteiger partial charge in [0, 0.05) is 31.2 Å². The molecule has 2 N–H and O–H groups in total. The molecule has 4 aliphatic rings. The number of nitrogens with zero attached hydrogens (tertiary/aromatic N) is 2. The predicted molar refractivity (Wildman–Crippen MR) is 114 cm³/mol. The first-order chi connectivity index (χ1) is 14.1. The average Bonchev–Trinajstić information content (AvgIpc) is 3.41. The molecule has 3 aliphatic heterocycles. The van der Waals surface area contributed by atoms with E-state index in [1.807, 2.05) is 23.1 Å². The van der Waals surface area contributed by atoms with E-state index in [1.165, 1.54) is 6.42 Å². The van der Waals surface area contributed by atoms with Crippen LogP contribution in [0.5, 0.6) is 0 Å². The first kappa shape index (κ1) is 21.1. The molecule has 1 spiro atoms. The maximum atomic E-state index is 13.0. The fourth-order valence-electron chi connectivity index (χ4n) is 5.16. The number of amides is 3. The topological polar surface area (TPSA) is 81.8 Å². The Kier molecular flexibility index (Phi) is 5.77. The lowest BCUT2D eigenvalue weighted by atomic mass is 9.78. The minimum atomic E-state index is -0.617. The highest BCUT2D eigenvalue weighted by Gasteiger charge is 2.47. The van der Waals surface area contributed by atoms with Crippen molar-refractivity contribution in [1.82, 2.24) is 20.4 Å². The minimum Gasteiger partial charge on any atom is -0.345 e. The molecule has 0 aromatic heterocycles. The minimum absolute atomic E-state index is 0. The van der Waals surface area contributed by atoms with Crippen LogP contribution in [0.3, 0.4) is 0 Å². The highest BCUT2D eigenvalue weighted by Crippen LogP contribution is 2.42. The number of halogens is 1. The van der Waals surface area contributed by atoms with Gasteiger partial charge in [-0.15, -0.1) is 12.4 Å². The number of hydrogen-bond acceptors (Lipinski definition) is 4. The molecule has 1 unspecified atom stereocenters. The maximum absolute atomic E-state index is 13.0. The lowest BCUT2D eigenvalue weighted by molar-refractivity contribution is -0.135. The van der Waals surface area contributed by atoms with E-state index in [2.05, 4.69) is 10.6 Å². The van der Waals surface area contributed by atoms with Crippen molar-refractivity contribution in [2.75, 3.05) is 32.7 Å². The van der Waals surface area contributed by atoms with E-state index in [4.69, 9.17) is 0 Å². The number of nitrogens with one attached hydrogen (secondary N) is 2. The van der Waals surface area contributed by atoms with Crippen LogP contribution in [-0.4, -0.2) is 66.3 Å². The first-order valence-electron chi connectivity index (χ1n) is 10.8. The van der Waals surface area contributed by atoms with Gasteiger partial charge in [-0.1, -0.05) is 18.2 Å². The van der Waals surface area contributed by atoms with Gasteiger partial charge in [0.05, 0.1) is 6.54 Å². The van der Waals surface area contributed by atoms with Gasteiger partial charge in [-0.3, -0.25) is 14.4 Å². The second-order valence-electron chi connectivity index (χ2n) is 8.96. The molecule has 3 heterocycles. The van der Waals surface area contributed by atoms with Gasteiger partial charge < -0.3 is 20.4 Å². The van der Waals surface area contributed by atoms with Crippen molar-refractivity contribution in [1.29, 1.82) is 0 Å². The van der Waals surface area contributed by atoms with Crippen molar-refractivity contribution in [2.45, 2.75) is 44.2 Å². The van der Waals surface area contributed by atoms with E-state index < -0.39 is 6.04 Å². The van der Waals surface area contributed by atoms with E-state index in [9.17, 15) is 14.4 Å². The number of carbonyl (C=O) groups is 3. The Morgan fingerprint density at radius 3 is 2.53 bits per heavy atom. The van der Waals surface area contributed by atoms with E-state index >= 15 is 0 Å². The van der Waals surface area contributed by atoms with Gasteiger partial charge >= 0.3 is 0 Å². The van der Waals surface area contributed by atoms with Crippen LogP contribution in [0, 0.1) is 5.41 Å². The Balaban J connectivity index is 0.00000218. The van der Waals surface area contributed by atoms with Gasteiger partial charge in [0.15, 0.2) is 0 Å². The standard InChI is InChI=1S/C22H28N4O3.ClH/c27-18(25-11-8-22(9-12-25)7-10-23-14-22)13-24-20(28)19-16-3-1-2-4-17(16)21(29)26(19)15-5-6-15;/h1-4,15,19,23H,5-14H2,(H,24,28);1H. The highest BCUT2D eigenvalue weighted by molar-refractivity contribution is 6.05. The molecule has 8 heteroatoms. The smallest absolute Gasteiger partial charge is 0.255 e. The summed E-state index contributed by atoms with van der Waals surface area (Å²) in [5, 5.41) is 6.26. The Morgan fingerprint density at radius 2 is 1.87 bits per heavy atom. The fraction of sp³-hybridized carbons (Fsp3) is 0.591. The number of likely N-dealkylation sites (tertiary alicyclic amines) is 1. The Labute approximate surface area is 183 Å². The lowest BCUT2D eigenvalue weighted by Gasteiger charge is -2.39. The zero-order valence-corrected chi connectivity index (χ0v) is 17.9. The quantitative estimate of drug-likeness (QED) is 0.755. The van der Waals surface area contributed by atoms with Crippen LogP contribution in [0.1, 0.15) is 54.1 Å². The molecule has 0 radical (unpaired) electrons. The summed E-state index contributed by atoms with van der Waals surface area (Å²) >= 11 is 0.